The van der Waals surface area contributed by atoms with Crippen LogP contribution in [0.1, 0.15) is 47.1 Å². The molecule has 1 N–H and O–H groups in total. The van der Waals surface area contributed by atoms with Crippen LogP contribution in [0, 0.1) is 13.8 Å². The number of Topliss-reactive ketones (excluding diaryl/α,β-unsaturated/α-hetero) is 1. The number of nitrogens with zero attached hydrogens (tertiary/aromatic N) is 2. The Hall–Kier alpha value is -4.03. The summed E-state index contributed by atoms with van der Waals surface area (Å²) < 4.78 is 5.84. The highest BCUT2D eigenvalue weighted by Crippen LogP contribution is 2.44. The SMILES string of the molecule is CCN(CC)c1ccc(C2C(C(=O)c3cc4cc(Cl)ccc4o3)=C(O)C(=O)N2c2cc(C)ccc2C)cc1. The molecule has 1 atom stereocenters. The number of halogens is 1. The van der Waals surface area contributed by atoms with Gasteiger partial charge in [0.2, 0.25) is 5.78 Å². The highest BCUT2D eigenvalue weighted by atomic mass is 35.5. The number of anilines is 2. The van der Waals surface area contributed by atoms with Crippen molar-refractivity contribution in [3.63, 3.8) is 0 Å². The Balaban J connectivity index is 1.66. The van der Waals surface area contributed by atoms with Gasteiger partial charge in [0.1, 0.15) is 5.58 Å². The molecule has 1 aromatic heterocycles. The Morgan fingerprint density at radius 3 is 2.39 bits per heavy atom. The van der Waals surface area contributed by atoms with E-state index in [0.29, 0.717) is 27.2 Å². The van der Waals surface area contributed by atoms with E-state index in [4.69, 9.17) is 16.0 Å². The molecule has 4 aromatic rings. The maximum atomic E-state index is 13.9. The number of benzene rings is 3. The first-order valence-corrected chi connectivity index (χ1v) is 13.0. The highest BCUT2D eigenvalue weighted by molar-refractivity contribution is 6.31. The number of furan rings is 1. The first-order chi connectivity index (χ1) is 18.2. The molecule has 6 nitrogen and oxygen atoms in total. The molecule has 0 saturated carbocycles. The second-order valence-electron chi connectivity index (χ2n) is 9.52. The fourth-order valence-electron chi connectivity index (χ4n) is 5.10. The lowest BCUT2D eigenvalue weighted by Gasteiger charge is -2.29. The molecular weight excluding hydrogens is 500 g/mol. The van der Waals surface area contributed by atoms with Gasteiger partial charge in [0.25, 0.3) is 5.91 Å². The summed E-state index contributed by atoms with van der Waals surface area (Å²) in [6.45, 7) is 9.74. The normalized spacial score (nSPS) is 15.6. The number of amides is 1. The van der Waals surface area contributed by atoms with Crippen molar-refractivity contribution >= 4 is 45.6 Å². The van der Waals surface area contributed by atoms with Gasteiger partial charge < -0.3 is 14.4 Å². The molecule has 3 aromatic carbocycles. The third kappa shape index (κ3) is 4.35. The highest BCUT2D eigenvalue weighted by Gasteiger charge is 2.45. The van der Waals surface area contributed by atoms with Crippen LogP contribution in [0.2, 0.25) is 5.02 Å². The lowest BCUT2D eigenvalue weighted by molar-refractivity contribution is -0.117. The van der Waals surface area contributed by atoms with Gasteiger partial charge in [-0.25, -0.2) is 0 Å². The summed E-state index contributed by atoms with van der Waals surface area (Å²) in [5.41, 5.74) is 4.68. The lowest BCUT2D eigenvalue weighted by Crippen LogP contribution is -2.31. The van der Waals surface area contributed by atoms with Gasteiger partial charge in [-0.15, -0.1) is 0 Å². The summed E-state index contributed by atoms with van der Waals surface area (Å²) in [5.74, 6) is -1.72. The van der Waals surface area contributed by atoms with Crippen molar-refractivity contribution < 1.29 is 19.1 Å². The van der Waals surface area contributed by atoms with E-state index >= 15 is 0 Å². The Kier molecular flexibility index (Phi) is 6.76. The van der Waals surface area contributed by atoms with Gasteiger partial charge in [0.15, 0.2) is 11.5 Å². The third-order valence-electron chi connectivity index (χ3n) is 7.12. The summed E-state index contributed by atoms with van der Waals surface area (Å²) in [7, 11) is 0. The van der Waals surface area contributed by atoms with E-state index in [-0.39, 0.29) is 11.3 Å². The number of carbonyl (C=O) groups excluding carboxylic acids is 2. The standard InChI is InChI=1S/C31H29ClN2O4/c1-5-33(6-2)23-12-9-20(10-13-23)28-27(29(35)26-17-21-16-22(32)11-14-25(21)38-26)30(36)31(37)34(28)24-15-18(3)7-8-19(24)4/h7-17,28,36H,5-6H2,1-4H3. The predicted octanol–water partition coefficient (Wildman–Crippen LogP) is 7.33. The van der Waals surface area contributed by atoms with Gasteiger partial charge in [-0.3, -0.25) is 14.5 Å². The molecule has 194 valence electrons. The Labute approximate surface area is 226 Å². The van der Waals surface area contributed by atoms with Crippen LogP contribution < -0.4 is 9.80 Å². The van der Waals surface area contributed by atoms with Crippen molar-refractivity contribution in [1.29, 1.82) is 0 Å². The van der Waals surface area contributed by atoms with Crippen LogP contribution in [0.3, 0.4) is 0 Å². The maximum Gasteiger partial charge on any atom is 0.294 e. The Bertz CT molecular complexity index is 1580. The molecule has 0 fully saturated rings. The number of aryl methyl sites for hydroxylation is 2. The topological polar surface area (TPSA) is 74.0 Å². The van der Waals surface area contributed by atoms with E-state index in [0.717, 1.165) is 29.9 Å². The fourth-order valence-corrected chi connectivity index (χ4v) is 5.28. The van der Waals surface area contributed by atoms with Crippen molar-refractivity contribution in [2.75, 3.05) is 22.9 Å². The average molecular weight is 529 g/mol. The number of fused-ring (bicyclic) bond motifs is 1. The van der Waals surface area contributed by atoms with Crippen LogP contribution >= 0.6 is 11.6 Å². The molecule has 0 spiro atoms. The van der Waals surface area contributed by atoms with E-state index < -0.39 is 23.5 Å². The van der Waals surface area contributed by atoms with E-state index in [2.05, 4.69) is 18.7 Å². The van der Waals surface area contributed by atoms with Crippen molar-refractivity contribution in [3.05, 3.63) is 106 Å². The van der Waals surface area contributed by atoms with Crippen LogP contribution in [0.5, 0.6) is 0 Å². The van der Waals surface area contributed by atoms with Gasteiger partial charge in [-0.1, -0.05) is 35.9 Å². The lowest BCUT2D eigenvalue weighted by atomic mass is 9.94. The number of rotatable bonds is 7. The minimum absolute atomic E-state index is 0.0170. The van der Waals surface area contributed by atoms with Crippen LogP contribution in [0.25, 0.3) is 11.0 Å². The Morgan fingerprint density at radius 2 is 1.71 bits per heavy atom. The molecule has 0 aliphatic carbocycles. The van der Waals surface area contributed by atoms with E-state index in [1.165, 1.54) is 4.90 Å². The van der Waals surface area contributed by atoms with E-state index in [1.54, 1.807) is 24.3 Å². The van der Waals surface area contributed by atoms with Gasteiger partial charge >= 0.3 is 0 Å². The minimum Gasteiger partial charge on any atom is -0.503 e. The zero-order chi connectivity index (χ0) is 27.1. The molecule has 2 heterocycles. The molecule has 0 bridgehead atoms. The first-order valence-electron chi connectivity index (χ1n) is 12.7. The summed E-state index contributed by atoms with van der Waals surface area (Å²) in [5, 5.41) is 12.3. The van der Waals surface area contributed by atoms with Gasteiger partial charge in [-0.05, 0) is 86.8 Å². The minimum atomic E-state index is -0.835. The van der Waals surface area contributed by atoms with Crippen molar-refractivity contribution in [2.24, 2.45) is 0 Å². The molecular formula is C31H29ClN2O4. The van der Waals surface area contributed by atoms with Gasteiger partial charge in [0, 0.05) is 34.9 Å². The summed E-state index contributed by atoms with van der Waals surface area (Å²) in [4.78, 5) is 31.2. The number of hydrogen-bond acceptors (Lipinski definition) is 5. The van der Waals surface area contributed by atoms with Crippen molar-refractivity contribution in [2.45, 2.75) is 33.7 Å². The summed E-state index contributed by atoms with van der Waals surface area (Å²) >= 11 is 6.12. The van der Waals surface area contributed by atoms with Gasteiger partial charge in [0.05, 0.1) is 11.6 Å². The summed E-state index contributed by atoms with van der Waals surface area (Å²) in [6.07, 6.45) is 0. The van der Waals surface area contributed by atoms with Crippen LogP contribution in [-0.2, 0) is 4.79 Å². The van der Waals surface area contributed by atoms with Crippen LogP contribution in [0.15, 0.2) is 82.5 Å². The second kappa shape index (κ2) is 10.0. The second-order valence-corrected chi connectivity index (χ2v) is 9.95. The van der Waals surface area contributed by atoms with Crippen LogP contribution in [-0.4, -0.2) is 29.9 Å². The maximum absolute atomic E-state index is 13.9. The third-order valence-corrected chi connectivity index (χ3v) is 7.35. The molecule has 1 aliphatic rings. The van der Waals surface area contributed by atoms with E-state index in [1.807, 2.05) is 56.3 Å². The molecule has 1 unspecified atom stereocenters. The van der Waals surface area contributed by atoms with E-state index in [9.17, 15) is 14.7 Å². The van der Waals surface area contributed by atoms with Crippen molar-refractivity contribution in [3.8, 4) is 0 Å². The smallest absolute Gasteiger partial charge is 0.294 e. The van der Waals surface area contributed by atoms with Gasteiger partial charge in [-0.2, -0.15) is 0 Å². The molecule has 7 heteroatoms. The number of carbonyl (C=O) groups is 2. The molecule has 1 aliphatic heterocycles. The first kappa shape index (κ1) is 25.6. The molecule has 5 rings (SSSR count). The quantitative estimate of drug-likeness (QED) is 0.254. The fraction of sp³-hybridized carbons (Fsp3) is 0.226. The number of hydrogen-bond donors (Lipinski definition) is 1. The molecule has 0 saturated heterocycles. The Morgan fingerprint density at radius 1 is 1.00 bits per heavy atom. The largest absolute Gasteiger partial charge is 0.503 e. The predicted molar refractivity (Wildman–Crippen MR) is 151 cm³/mol. The monoisotopic (exact) mass is 528 g/mol. The van der Waals surface area contributed by atoms with Crippen LogP contribution in [0.4, 0.5) is 11.4 Å². The zero-order valence-electron chi connectivity index (χ0n) is 21.8. The number of aliphatic hydroxyl groups excluding tert-OH is 1. The summed E-state index contributed by atoms with van der Waals surface area (Å²) in [6, 6.07) is 19.4. The average Bonchev–Trinajstić information content (AvgIpc) is 3.44. The zero-order valence-corrected chi connectivity index (χ0v) is 22.5. The number of aliphatic hydroxyl groups is 1. The van der Waals surface area contributed by atoms with Crippen molar-refractivity contribution in [1.82, 2.24) is 0 Å². The molecule has 0 radical (unpaired) electrons. The molecule has 38 heavy (non-hydrogen) atoms. The number of ketones is 1. The molecule has 1 amide bonds.